The predicted octanol–water partition coefficient (Wildman–Crippen LogP) is 3.32. The van der Waals surface area contributed by atoms with Gasteiger partial charge in [-0.25, -0.2) is 0 Å². The van der Waals surface area contributed by atoms with E-state index in [4.69, 9.17) is 44.3 Å². The van der Waals surface area contributed by atoms with E-state index in [1.807, 2.05) is 25.2 Å². The highest BCUT2D eigenvalue weighted by molar-refractivity contribution is 6.44. The topological polar surface area (TPSA) is 52.0 Å². The normalized spacial score (nSPS) is 11.8. The molecule has 140 valence electrons. The van der Waals surface area contributed by atoms with Gasteiger partial charge in [-0.05, 0) is 24.3 Å². The first-order valence-corrected chi connectivity index (χ1v) is 8.94. The molecule has 1 amide bonds. The maximum atomic E-state index is 12.3. The zero-order valence-corrected chi connectivity index (χ0v) is 16.9. The lowest BCUT2D eigenvalue weighted by Gasteiger charge is -2.16. The third-order valence-corrected chi connectivity index (χ3v) is 4.77. The molecule has 2 aromatic rings. The summed E-state index contributed by atoms with van der Waals surface area (Å²) in [5, 5.41) is 3.76. The Morgan fingerprint density at radius 3 is 2.38 bits per heavy atom. The van der Waals surface area contributed by atoms with E-state index >= 15 is 0 Å². The molecule has 0 spiro atoms. The number of nitrogens with one attached hydrogen (secondary N) is 2. The molecular formula is C18H20Cl3N2O3+. The van der Waals surface area contributed by atoms with Crippen molar-refractivity contribution in [2.75, 3.05) is 33.1 Å². The molecular weight excluding hydrogens is 399 g/mol. The minimum Gasteiger partial charge on any atom is -0.497 e. The Hall–Kier alpha value is -1.66. The molecule has 0 aliphatic rings. The van der Waals surface area contributed by atoms with Crippen molar-refractivity contribution >= 4 is 46.4 Å². The lowest BCUT2D eigenvalue weighted by molar-refractivity contribution is -0.885. The Morgan fingerprint density at radius 2 is 1.73 bits per heavy atom. The molecule has 0 bridgehead atoms. The number of carbonyl (C=O) groups is 1. The van der Waals surface area contributed by atoms with Crippen molar-refractivity contribution in [1.82, 2.24) is 0 Å². The molecule has 0 saturated carbocycles. The first kappa shape index (κ1) is 20.6. The monoisotopic (exact) mass is 417 g/mol. The number of carbonyl (C=O) groups excluding carboxylic acids is 1. The molecule has 0 aliphatic carbocycles. The van der Waals surface area contributed by atoms with Crippen molar-refractivity contribution in [3.8, 4) is 11.5 Å². The highest BCUT2D eigenvalue weighted by atomic mass is 35.5. The summed E-state index contributed by atoms with van der Waals surface area (Å²) in [6.07, 6.45) is 0. The lowest BCUT2D eigenvalue weighted by atomic mass is 10.2. The van der Waals surface area contributed by atoms with Crippen molar-refractivity contribution in [1.29, 1.82) is 0 Å². The minimum atomic E-state index is -0.185. The number of ether oxygens (including phenoxy) is 2. The van der Waals surface area contributed by atoms with Gasteiger partial charge in [0.1, 0.15) is 18.0 Å². The van der Waals surface area contributed by atoms with Crippen LogP contribution in [0.2, 0.25) is 15.1 Å². The quantitative estimate of drug-likeness (QED) is 0.678. The van der Waals surface area contributed by atoms with Gasteiger partial charge in [-0.2, -0.15) is 0 Å². The molecule has 0 aliphatic heterocycles. The largest absolute Gasteiger partial charge is 0.497 e. The highest BCUT2D eigenvalue weighted by Crippen LogP contribution is 2.32. The molecule has 0 fully saturated rings. The maximum Gasteiger partial charge on any atom is 0.279 e. The Balaban J connectivity index is 2.00. The second-order valence-corrected chi connectivity index (χ2v) is 7.00. The van der Waals surface area contributed by atoms with Gasteiger partial charge >= 0.3 is 0 Å². The van der Waals surface area contributed by atoms with E-state index in [0.717, 1.165) is 22.0 Å². The Morgan fingerprint density at radius 1 is 1.04 bits per heavy atom. The van der Waals surface area contributed by atoms with E-state index in [1.54, 1.807) is 14.2 Å². The van der Waals surface area contributed by atoms with Crippen LogP contribution in [0.4, 0.5) is 5.69 Å². The molecule has 0 heterocycles. The van der Waals surface area contributed by atoms with Gasteiger partial charge in [0, 0.05) is 11.6 Å². The molecule has 5 nitrogen and oxygen atoms in total. The fourth-order valence-electron chi connectivity index (χ4n) is 2.47. The summed E-state index contributed by atoms with van der Waals surface area (Å²) in [7, 11) is 5.12. The molecule has 0 radical (unpaired) electrons. The Labute approximate surface area is 167 Å². The van der Waals surface area contributed by atoms with Crippen LogP contribution in [0.1, 0.15) is 5.56 Å². The summed E-state index contributed by atoms with van der Waals surface area (Å²) in [4.78, 5) is 13.3. The van der Waals surface area contributed by atoms with Gasteiger partial charge in [-0.15, -0.1) is 0 Å². The molecule has 8 heteroatoms. The number of quaternary nitrogens is 1. The van der Waals surface area contributed by atoms with Crippen LogP contribution < -0.4 is 19.7 Å². The number of hydrogen-bond donors (Lipinski definition) is 2. The van der Waals surface area contributed by atoms with Crippen LogP contribution in [-0.2, 0) is 11.3 Å². The average Bonchev–Trinajstić information content (AvgIpc) is 2.59. The van der Waals surface area contributed by atoms with Crippen LogP contribution in [0, 0.1) is 0 Å². The first-order valence-electron chi connectivity index (χ1n) is 7.80. The van der Waals surface area contributed by atoms with Gasteiger partial charge in [-0.3, -0.25) is 4.79 Å². The highest BCUT2D eigenvalue weighted by Gasteiger charge is 2.16. The van der Waals surface area contributed by atoms with Crippen LogP contribution in [-0.4, -0.2) is 33.7 Å². The van der Waals surface area contributed by atoms with E-state index in [-0.39, 0.29) is 12.5 Å². The number of halogens is 3. The number of anilines is 1. The standard InChI is InChI=1S/C18H19Cl3N2O3/c1-23(9-11-4-5-12(25-2)6-17(11)26-3)10-18(24)22-16-8-14(20)13(19)7-15(16)21/h4-8H,9-10H2,1-3H3,(H,22,24)/p+1. The fourth-order valence-corrected chi connectivity index (χ4v) is 3.07. The molecule has 0 aromatic heterocycles. The second kappa shape index (κ2) is 9.33. The molecule has 2 rings (SSSR count). The summed E-state index contributed by atoms with van der Waals surface area (Å²) in [6.45, 7) is 0.849. The van der Waals surface area contributed by atoms with E-state index < -0.39 is 0 Å². The van der Waals surface area contributed by atoms with Gasteiger partial charge in [0.2, 0.25) is 0 Å². The molecule has 26 heavy (non-hydrogen) atoms. The summed E-state index contributed by atoms with van der Waals surface area (Å²) >= 11 is 17.9. The molecule has 2 N–H and O–H groups in total. The van der Waals surface area contributed by atoms with Crippen molar-refractivity contribution in [3.05, 3.63) is 51.0 Å². The lowest BCUT2D eigenvalue weighted by Crippen LogP contribution is -3.08. The van der Waals surface area contributed by atoms with E-state index in [1.165, 1.54) is 12.1 Å². The number of likely N-dealkylation sites (N-methyl/N-ethyl adjacent to an activating group) is 1. The summed E-state index contributed by atoms with van der Waals surface area (Å²) in [6, 6.07) is 8.64. The zero-order valence-electron chi connectivity index (χ0n) is 14.7. The molecule has 1 unspecified atom stereocenters. The van der Waals surface area contributed by atoms with Crippen LogP contribution in [0.5, 0.6) is 11.5 Å². The predicted molar refractivity (Wildman–Crippen MR) is 105 cm³/mol. The van der Waals surface area contributed by atoms with Gasteiger partial charge in [-0.1, -0.05) is 34.8 Å². The van der Waals surface area contributed by atoms with Crippen LogP contribution >= 0.6 is 34.8 Å². The van der Waals surface area contributed by atoms with Crippen molar-refractivity contribution in [2.24, 2.45) is 0 Å². The van der Waals surface area contributed by atoms with Crippen LogP contribution in [0.3, 0.4) is 0 Å². The third-order valence-electron chi connectivity index (χ3n) is 3.73. The number of hydrogen-bond acceptors (Lipinski definition) is 3. The minimum absolute atomic E-state index is 0.185. The molecule has 1 atom stereocenters. The summed E-state index contributed by atoms with van der Waals surface area (Å²) in [5.41, 5.74) is 1.41. The van der Waals surface area contributed by atoms with E-state index in [2.05, 4.69) is 5.32 Å². The number of methoxy groups -OCH3 is 2. The maximum absolute atomic E-state index is 12.3. The van der Waals surface area contributed by atoms with Crippen molar-refractivity contribution < 1.29 is 19.2 Å². The average molecular weight is 419 g/mol. The fraction of sp³-hybridized carbons (Fsp3) is 0.278. The van der Waals surface area contributed by atoms with Crippen LogP contribution in [0.15, 0.2) is 30.3 Å². The Kier molecular flexibility index (Phi) is 7.41. The van der Waals surface area contributed by atoms with Gasteiger partial charge < -0.3 is 19.7 Å². The van der Waals surface area contributed by atoms with Crippen molar-refractivity contribution in [2.45, 2.75) is 6.54 Å². The van der Waals surface area contributed by atoms with Crippen LogP contribution in [0.25, 0.3) is 0 Å². The summed E-state index contributed by atoms with van der Waals surface area (Å²) < 4.78 is 10.6. The van der Waals surface area contributed by atoms with E-state index in [9.17, 15) is 4.79 Å². The van der Waals surface area contributed by atoms with E-state index in [0.29, 0.717) is 27.3 Å². The zero-order chi connectivity index (χ0) is 19.3. The second-order valence-electron chi connectivity index (χ2n) is 5.78. The molecule has 0 saturated heterocycles. The smallest absolute Gasteiger partial charge is 0.279 e. The number of benzene rings is 2. The first-order chi connectivity index (χ1) is 12.3. The summed E-state index contributed by atoms with van der Waals surface area (Å²) in [5.74, 6) is 1.25. The third kappa shape index (κ3) is 5.42. The SMILES string of the molecule is COc1ccc(C[NH+](C)CC(=O)Nc2cc(Cl)c(Cl)cc2Cl)c(OC)c1. The Bertz CT molecular complexity index is 799. The van der Waals surface area contributed by atoms with Crippen molar-refractivity contribution in [3.63, 3.8) is 0 Å². The molecule has 2 aromatic carbocycles. The van der Waals surface area contributed by atoms with Gasteiger partial charge in [0.05, 0.1) is 42.0 Å². The van der Waals surface area contributed by atoms with Gasteiger partial charge in [0.25, 0.3) is 5.91 Å². The van der Waals surface area contributed by atoms with Gasteiger partial charge in [0.15, 0.2) is 6.54 Å². The number of amides is 1. The number of rotatable bonds is 7.